The van der Waals surface area contributed by atoms with Crippen LogP contribution in [0.4, 0.5) is 9.52 Å². The molecule has 0 unspecified atom stereocenters. The molecule has 1 amide bonds. The summed E-state index contributed by atoms with van der Waals surface area (Å²) in [6.45, 7) is 3.63. The Labute approximate surface area is 129 Å². The lowest BCUT2D eigenvalue weighted by molar-refractivity contribution is -0.122. The van der Waals surface area contributed by atoms with E-state index in [4.69, 9.17) is 4.74 Å². The summed E-state index contributed by atoms with van der Waals surface area (Å²) in [6.07, 6.45) is -0.721. The van der Waals surface area contributed by atoms with E-state index in [0.29, 0.717) is 10.9 Å². The third-order valence-corrected chi connectivity index (χ3v) is 4.25. The molecule has 0 spiro atoms. The summed E-state index contributed by atoms with van der Waals surface area (Å²) < 4.78 is 19.0. The molecule has 0 aliphatic carbocycles. The van der Waals surface area contributed by atoms with Crippen LogP contribution in [0.3, 0.4) is 0 Å². The maximum absolute atomic E-state index is 12.8. The van der Waals surface area contributed by atoms with E-state index < -0.39 is 6.10 Å². The van der Waals surface area contributed by atoms with Crippen molar-refractivity contribution in [2.45, 2.75) is 24.3 Å². The van der Waals surface area contributed by atoms with Crippen LogP contribution in [0.25, 0.3) is 0 Å². The fourth-order valence-corrected chi connectivity index (χ4v) is 3.07. The van der Waals surface area contributed by atoms with Crippen LogP contribution in [-0.4, -0.2) is 28.0 Å². The first kappa shape index (κ1) is 15.7. The number of carbonyl (C=O) groups is 1. The highest BCUT2D eigenvalue weighted by Gasteiger charge is 2.17. The minimum absolute atomic E-state index is 0.330. The van der Waals surface area contributed by atoms with Gasteiger partial charge in [-0.25, -0.2) is 4.39 Å². The highest BCUT2D eigenvalue weighted by atomic mass is 32.2. The van der Waals surface area contributed by atoms with Gasteiger partial charge in [-0.05, 0) is 36.9 Å². The van der Waals surface area contributed by atoms with Crippen LogP contribution in [0.2, 0.25) is 0 Å². The van der Waals surface area contributed by atoms with Gasteiger partial charge in [-0.2, -0.15) is 0 Å². The maximum Gasteiger partial charge on any atom is 0.266 e. The van der Waals surface area contributed by atoms with Crippen LogP contribution in [0, 0.1) is 5.82 Å². The third-order valence-electron chi connectivity index (χ3n) is 2.40. The zero-order valence-corrected chi connectivity index (χ0v) is 13.1. The topological polar surface area (TPSA) is 64.1 Å². The van der Waals surface area contributed by atoms with Gasteiger partial charge in [0, 0.05) is 0 Å². The van der Waals surface area contributed by atoms with E-state index in [0.717, 1.165) is 10.1 Å². The molecule has 2 rings (SSSR count). The molecule has 0 fully saturated rings. The number of benzene rings is 1. The minimum Gasteiger partial charge on any atom is -0.481 e. The van der Waals surface area contributed by atoms with Crippen molar-refractivity contribution in [3.8, 4) is 5.75 Å². The number of amides is 1. The van der Waals surface area contributed by atoms with Crippen molar-refractivity contribution in [1.82, 2.24) is 10.2 Å². The van der Waals surface area contributed by atoms with Crippen LogP contribution in [0.1, 0.15) is 13.8 Å². The molecule has 1 N–H and O–H groups in total. The number of nitrogens with one attached hydrogen (secondary N) is 1. The lowest BCUT2D eigenvalue weighted by Gasteiger charge is -2.13. The Morgan fingerprint density at radius 1 is 1.43 bits per heavy atom. The molecule has 0 radical (unpaired) electrons. The molecule has 1 aromatic carbocycles. The summed E-state index contributed by atoms with van der Waals surface area (Å²) in [4.78, 5) is 12.0. The number of rotatable bonds is 6. The molecule has 5 nitrogen and oxygen atoms in total. The molecule has 8 heteroatoms. The largest absolute Gasteiger partial charge is 0.481 e. The fourth-order valence-electron chi connectivity index (χ4n) is 1.42. The number of anilines is 1. The van der Waals surface area contributed by atoms with E-state index in [1.165, 1.54) is 35.6 Å². The Morgan fingerprint density at radius 3 is 2.81 bits per heavy atom. The van der Waals surface area contributed by atoms with Crippen molar-refractivity contribution in [2.24, 2.45) is 0 Å². The van der Waals surface area contributed by atoms with Crippen LogP contribution in [-0.2, 0) is 4.79 Å². The average molecular weight is 327 g/mol. The number of thioether (sulfide) groups is 1. The molecule has 0 saturated carbocycles. The molecular weight excluding hydrogens is 313 g/mol. The van der Waals surface area contributed by atoms with Gasteiger partial charge in [0.25, 0.3) is 5.91 Å². The lowest BCUT2D eigenvalue weighted by atomic mass is 10.3. The zero-order chi connectivity index (χ0) is 15.2. The van der Waals surface area contributed by atoms with Crippen LogP contribution < -0.4 is 10.1 Å². The molecule has 0 aliphatic rings. The number of hydrogen-bond acceptors (Lipinski definition) is 6. The van der Waals surface area contributed by atoms with Crippen molar-refractivity contribution >= 4 is 34.1 Å². The van der Waals surface area contributed by atoms with Gasteiger partial charge in [-0.1, -0.05) is 30.0 Å². The van der Waals surface area contributed by atoms with Gasteiger partial charge in [0.05, 0.1) is 0 Å². The lowest BCUT2D eigenvalue weighted by Crippen LogP contribution is -2.30. The maximum atomic E-state index is 12.8. The number of aromatic nitrogens is 2. The molecule has 0 bridgehead atoms. The molecule has 0 saturated heterocycles. The van der Waals surface area contributed by atoms with Gasteiger partial charge >= 0.3 is 0 Å². The molecule has 2 aromatic rings. The first-order valence-electron chi connectivity index (χ1n) is 6.28. The summed E-state index contributed by atoms with van der Waals surface area (Å²) >= 11 is 2.88. The molecule has 112 valence electrons. The monoisotopic (exact) mass is 327 g/mol. The van der Waals surface area contributed by atoms with Crippen LogP contribution in [0.15, 0.2) is 28.6 Å². The molecule has 1 heterocycles. The normalized spacial score (nSPS) is 12.0. The van der Waals surface area contributed by atoms with E-state index in [-0.39, 0.29) is 11.7 Å². The summed E-state index contributed by atoms with van der Waals surface area (Å²) in [7, 11) is 0. The Kier molecular flexibility index (Phi) is 5.51. The van der Waals surface area contributed by atoms with Gasteiger partial charge in [-0.3, -0.25) is 10.1 Å². The smallest absolute Gasteiger partial charge is 0.266 e. The van der Waals surface area contributed by atoms with Crippen LogP contribution in [0.5, 0.6) is 5.75 Å². The molecule has 1 atom stereocenters. The van der Waals surface area contributed by atoms with Crippen molar-refractivity contribution in [2.75, 3.05) is 11.1 Å². The fraction of sp³-hybridized carbons (Fsp3) is 0.308. The predicted octanol–water partition coefficient (Wildman–Crippen LogP) is 3.20. The van der Waals surface area contributed by atoms with Crippen molar-refractivity contribution in [3.05, 3.63) is 30.1 Å². The van der Waals surface area contributed by atoms with Crippen molar-refractivity contribution in [3.63, 3.8) is 0 Å². The Balaban J connectivity index is 1.90. The molecular formula is C13H14FN3O2S2. The van der Waals surface area contributed by atoms with Gasteiger partial charge < -0.3 is 4.74 Å². The second kappa shape index (κ2) is 7.37. The Hall–Kier alpha value is -1.67. The van der Waals surface area contributed by atoms with Gasteiger partial charge in [0.1, 0.15) is 11.6 Å². The third kappa shape index (κ3) is 4.68. The molecule has 1 aromatic heterocycles. The second-order valence-electron chi connectivity index (χ2n) is 4.01. The van der Waals surface area contributed by atoms with E-state index in [1.807, 2.05) is 6.92 Å². The van der Waals surface area contributed by atoms with E-state index in [2.05, 4.69) is 15.5 Å². The van der Waals surface area contributed by atoms with Gasteiger partial charge in [0.2, 0.25) is 5.13 Å². The van der Waals surface area contributed by atoms with E-state index in [9.17, 15) is 9.18 Å². The Bertz CT molecular complexity index is 604. The highest BCUT2D eigenvalue weighted by molar-refractivity contribution is 8.01. The number of hydrogen-bond donors (Lipinski definition) is 1. The minimum atomic E-state index is -0.721. The van der Waals surface area contributed by atoms with Crippen molar-refractivity contribution in [1.29, 1.82) is 0 Å². The highest BCUT2D eigenvalue weighted by Crippen LogP contribution is 2.25. The number of halogens is 1. The standard InChI is InChI=1S/C13H14FN3O2S2/c1-3-20-13-17-16-12(21-13)15-11(18)8(2)19-10-6-4-9(14)5-7-10/h4-8H,3H2,1-2H3,(H,15,16,18)/t8-/m1/s1. The second-order valence-corrected chi connectivity index (χ2v) is 6.50. The summed E-state index contributed by atoms with van der Waals surface area (Å²) in [5.74, 6) is 0.642. The first-order valence-corrected chi connectivity index (χ1v) is 8.08. The number of carbonyl (C=O) groups excluding carboxylic acids is 1. The zero-order valence-electron chi connectivity index (χ0n) is 11.5. The SMILES string of the molecule is CCSc1nnc(NC(=O)[C@@H](C)Oc2ccc(F)cc2)s1. The molecule has 21 heavy (non-hydrogen) atoms. The summed E-state index contributed by atoms with van der Waals surface area (Å²) in [6, 6.07) is 5.50. The number of nitrogens with zero attached hydrogens (tertiary/aromatic N) is 2. The molecule has 0 aliphatic heterocycles. The van der Waals surface area contributed by atoms with E-state index in [1.54, 1.807) is 18.7 Å². The van der Waals surface area contributed by atoms with Gasteiger partial charge in [-0.15, -0.1) is 10.2 Å². The summed E-state index contributed by atoms with van der Waals surface area (Å²) in [5, 5.41) is 10.9. The van der Waals surface area contributed by atoms with Gasteiger partial charge in [0.15, 0.2) is 10.4 Å². The van der Waals surface area contributed by atoms with E-state index >= 15 is 0 Å². The predicted molar refractivity (Wildman–Crippen MR) is 81.4 cm³/mol. The van der Waals surface area contributed by atoms with Crippen molar-refractivity contribution < 1.29 is 13.9 Å². The number of ether oxygens (including phenoxy) is 1. The Morgan fingerprint density at radius 2 is 2.14 bits per heavy atom. The summed E-state index contributed by atoms with van der Waals surface area (Å²) in [5.41, 5.74) is 0. The quantitative estimate of drug-likeness (QED) is 0.652. The van der Waals surface area contributed by atoms with Crippen LogP contribution >= 0.6 is 23.1 Å². The first-order chi connectivity index (χ1) is 10.1. The average Bonchev–Trinajstić information content (AvgIpc) is 2.89.